The molecule has 2 heterocycles. The molecule has 0 unspecified atom stereocenters. The average molecular weight is 301 g/mol. The number of nitrogens with zero attached hydrogens (tertiary/aromatic N) is 2. The van der Waals surface area contributed by atoms with E-state index in [1.54, 1.807) is 35.8 Å². The summed E-state index contributed by atoms with van der Waals surface area (Å²) in [5, 5.41) is 2.55. The van der Waals surface area contributed by atoms with Gasteiger partial charge in [0.25, 0.3) is 5.56 Å². The zero-order valence-electron chi connectivity index (χ0n) is 12.2. The molecule has 3 aromatic rings. The minimum absolute atomic E-state index is 0.0766. The van der Waals surface area contributed by atoms with E-state index in [0.29, 0.717) is 30.4 Å². The summed E-state index contributed by atoms with van der Waals surface area (Å²) in [4.78, 5) is 23.9. The molecule has 6 heteroatoms. The number of aryl methyl sites for hydroxylation is 1. The molecule has 2 aromatic heterocycles. The highest BCUT2D eigenvalue weighted by atomic mass is 19.1. The van der Waals surface area contributed by atoms with Crippen molar-refractivity contribution < 1.29 is 9.18 Å². The predicted octanol–water partition coefficient (Wildman–Crippen LogP) is 1.92. The second-order valence-electron chi connectivity index (χ2n) is 5.13. The van der Waals surface area contributed by atoms with Crippen molar-refractivity contribution in [3.05, 3.63) is 52.7 Å². The van der Waals surface area contributed by atoms with Crippen LogP contribution in [0.3, 0.4) is 0 Å². The van der Waals surface area contributed by atoms with Gasteiger partial charge in [0.05, 0.1) is 11.0 Å². The lowest BCUT2D eigenvalue weighted by molar-refractivity contribution is -0.120. The minimum Gasteiger partial charge on any atom is -0.359 e. The number of rotatable bonds is 4. The maximum atomic E-state index is 13.6. The minimum atomic E-state index is -0.390. The number of hydrogen-bond acceptors (Lipinski definition) is 2. The molecule has 0 saturated carbocycles. The summed E-state index contributed by atoms with van der Waals surface area (Å²) < 4.78 is 16.9. The van der Waals surface area contributed by atoms with Crippen molar-refractivity contribution in [1.29, 1.82) is 0 Å². The van der Waals surface area contributed by atoms with E-state index in [2.05, 4.69) is 5.32 Å². The molecule has 1 aromatic carbocycles. The van der Waals surface area contributed by atoms with Gasteiger partial charge in [0, 0.05) is 26.2 Å². The maximum absolute atomic E-state index is 13.6. The fourth-order valence-electron chi connectivity index (χ4n) is 2.67. The highest BCUT2D eigenvalue weighted by Crippen LogP contribution is 2.17. The van der Waals surface area contributed by atoms with Gasteiger partial charge in [-0.3, -0.25) is 9.59 Å². The molecular formula is C16H16FN3O2. The summed E-state index contributed by atoms with van der Waals surface area (Å²) in [5.74, 6) is -0.467. The summed E-state index contributed by atoms with van der Waals surface area (Å²) in [6, 6.07) is 7.92. The van der Waals surface area contributed by atoms with Crippen molar-refractivity contribution in [3.63, 3.8) is 0 Å². The van der Waals surface area contributed by atoms with Crippen LogP contribution < -0.4 is 10.9 Å². The molecule has 0 atom stereocenters. The first-order chi connectivity index (χ1) is 10.6. The van der Waals surface area contributed by atoms with Crippen LogP contribution in [-0.2, 0) is 11.3 Å². The predicted molar refractivity (Wildman–Crippen MR) is 82.4 cm³/mol. The number of carbonyl (C=O) groups is 1. The summed E-state index contributed by atoms with van der Waals surface area (Å²) in [5.41, 5.74) is 1.66. The number of carbonyl (C=O) groups excluding carboxylic acids is 1. The molecule has 0 aliphatic carbocycles. The van der Waals surface area contributed by atoms with Gasteiger partial charge in [0.2, 0.25) is 5.91 Å². The van der Waals surface area contributed by atoms with Gasteiger partial charge < -0.3 is 14.3 Å². The topological polar surface area (TPSA) is 55.5 Å². The molecule has 0 spiro atoms. The molecule has 0 aliphatic heterocycles. The molecule has 5 nitrogen and oxygen atoms in total. The molecule has 0 aliphatic rings. The van der Waals surface area contributed by atoms with E-state index in [0.717, 1.165) is 5.52 Å². The van der Waals surface area contributed by atoms with Crippen molar-refractivity contribution in [2.75, 3.05) is 7.05 Å². The normalized spacial score (nSPS) is 11.2. The Labute approximate surface area is 126 Å². The van der Waals surface area contributed by atoms with E-state index in [-0.39, 0.29) is 11.5 Å². The standard InChI is InChI=1S/C16H16FN3O2/c1-18-15(21)5-3-9-20-14-10-11(17)6-7-12(14)19-8-2-4-13(19)16(20)22/h2,4,6-8,10H,3,5,9H2,1H3,(H,18,21). The Morgan fingerprint density at radius 1 is 1.23 bits per heavy atom. The second-order valence-corrected chi connectivity index (χ2v) is 5.13. The maximum Gasteiger partial charge on any atom is 0.275 e. The van der Waals surface area contributed by atoms with Crippen LogP contribution in [0.15, 0.2) is 41.3 Å². The lowest BCUT2D eigenvalue weighted by atomic mass is 10.2. The molecule has 0 radical (unpaired) electrons. The van der Waals surface area contributed by atoms with Crippen molar-refractivity contribution in [3.8, 4) is 0 Å². The van der Waals surface area contributed by atoms with Gasteiger partial charge in [-0.1, -0.05) is 0 Å². The van der Waals surface area contributed by atoms with Gasteiger partial charge in [-0.05, 0) is 36.8 Å². The van der Waals surface area contributed by atoms with Crippen LogP contribution in [0.4, 0.5) is 4.39 Å². The Hall–Kier alpha value is -2.63. The van der Waals surface area contributed by atoms with Gasteiger partial charge in [0.1, 0.15) is 11.3 Å². The Morgan fingerprint density at radius 3 is 2.82 bits per heavy atom. The Bertz CT molecular complexity index is 911. The van der Waals surface area contributed by atoms with Crippen LogP contribution in [0, 0.1) is 5.82 Å². The zero-order valence-corrected chi connectivity index (χ0v) is 12.2. The van der Waals surface area contributed by atoms with E-state index in [1.807, 2.05) is 0 Å². The van der Waals surface area contributed by atoms with Crippen molar-refractivity contribution in [2.24, 2.45) is 0 Å². The van der Waals surface area contributed by atoms with Crippen LogP contribution in [0.2, 0.25) is 0 Å². The summed E-state index contributed by atoms with van der Waals surface area (Å²) in [7, 11) is 1.58. The third-order valence-electron chi connectivity index (χ3n) is 3.77. The molecular weight excluding hydrogens is 285 g/mol. The molecule has 0 fully saturated rings. The number of aromatic nitrogens is 2. The highest BCUT2D eigenvalue weighted by molar-refractivity contribution is 5.79. The molecule has 1 amide bonds. The SMILES string of the molecule is CNC(=O)CCCn1c(=O)c2cccn2c2ccc(F)cc21. The third-order valence-corrected chi connectivity index (χ3v) is 3.77. The van der Waals surface area contributed by atoms with Crippen LogP contribution >= 0.6 is 0 Å². The quantitative estimate of drug-likeness (QED) is 0.800. The van der Waals surface area contributed by atoms with Crippen molar-refractivity contribution in [1.82, 2.24) is 14.3 Å². The van der Waals surface area contributed by atoms with Gasteiger partial charge >= 0.3 is 0 Å². The average Bonchev–Trinajstić information content (AvgIpc) is 3.00. The van der Waals surface area contributed by atoms with E-state index < -0.39 is 5.82 Å². The van der Waals surface area contributed by atoms with E-state index in [4.69, 9.17) is 0 Å². The molecule has 0 bridgehead atoms. The van der Waals surface area contributed by atoms with E-state index >= 15 is 0 Å². The molecule has 0 saturated heterocycles. The van der Waals surface area contributed by atoms with Gasteiger partial charge in [-0.2, -0.15) is 0 Å². The zero-order chi connectivity index (χ0) is 15.7. The molecule has 3 rings (SSSR count). The first kappa shape index (κ1) is 14.3. The fraction of sp³-hybridized carbons (Fsp3) is 0.250. The van der Waals surface area contributed by atoms with E-state index in [9.17, 15) is 14.0 Å². The Morgan fingerprint density at radius 2 is 2.05 bits per heavy atom. The first-order valence-electron chi connectivity index (χ1n) is 7.11. The third kappa shape index (κ3) is 2.36. The molecule has 22 heavy (non-hydrogen) atoms. The molecule has 1 N–H and O–H groups in total. The Balaban J connectivity index is 2.13. The smallest absolute Gasteiger partial charge is 0.275 e. The van der Waals surface area contributed by atoms with Crippen LogP contribution in [0.25, 0.3) is 16.6 Å². The number of benzene rings is 1. The summed E-state index contributed by atoms with van der Waals surface area (Å²) in [6.07, 6.45) is 2.62. The largest absolute Gasteiger partial charge is 0.359 e. The number of fused-ring (bicyclic) bond motifs is 3. The van der Waals surface area contributed by atoms with Crippen LogP contribution in [0.5, 0.6) is 0 Å². The monoisotopic (exact) mass is 301 g/mol. The van der Waals surface area contributed by atoms with Crippen molar-refractivity contribution in [2.45, 2.75) is 19.4 Å². The van der Waals surface area contributed by atoms with Gasteiger partial charge in [0.15, 0.2) is 0 Å². The van der Waals surface area contributed by atoms with Crippen LogP contribution in [-0.4, -0.2) is 21.9 Å². The van der Waals surface area contributed by atoms with Gasteiger partial charge in [-0.25, -0.2) is 4.39 Å². The second kappa shape index (κ2) is 5.63. The first-order valence-corrected chi connectivity index (χ1v) is 7.11. The lowest BCUT2D eigenvalue weighted by Crippen LogP contribution is -2.24. The molecule has 114 valence electrons. The van der Waals surface area contributed by atoms with Crippen LogP contribution in [0.1, 0.15) is 12.8 Å². The number of hydrogen-bond donors (Lipinski definition) is 1. The number of nitrogens with one attached hydrogen (secondary N) is 1. The lowest BCUT2D eigenvalue weighted by Gasteiger charge is -2.12. The van der Waals surface area contributed by atoms with E-state index in [1.165, 1.54) is 16.7 Å². The number of amides is 1. The summed E-state index contributed by atoms with van der Waals surface area (Å²) in [6.45, 7) is 0.369. The van der Waals surface area contributed by atoms with Gasteiger partial charge in [-0.15, -0.1) is 0 Å². The number of halogens is 1. The fourth-order valence-corrected chi connectivity index (χ4v) is 2.67. The Kier molecular flexibility index (Phi) is 3.66. The highest BCUT2D eigenvalue weighted by Gasteiger charge is 2.11. The van der Waals surface area contributed by atoms with Crippen molar-refractivity contribution >= 4 is 22.5 Å². The summed E-state index contributed by atoms with van der Waals surface area (Å²) >= 11 is 0.